The maximum absolute atomic E-state index is 13.7. The predicted molar refractivity (Wildman–Crippen MR) is 167 cm³/mol. The summed E-state index contributed by atoms with van der Waals surface area (Å²) in [5.74, 6) is -0.677. The van der Waals surface area contributed by atoms with Crippen LogP contribution in [0.5, 0.6) is 0 Å². The molecule has 2 heterocycles. The van der Waals surface area contributed by atoms with Crippen molar-refractivity contribution < 1.29 is 26.4 Å². The Kier molecular flexibility index (Phi) is 8.73. The van der Waals surface area contributed by atoms with Gasteiger partial charge in [0.15, 0.2) is 0 Å². The van der Waals surface area contributed by atoms with Crippen molar-refractivity contribution in [2.24, 2.45) is 7.05 Å². The molecule has 15 heteroatoms. The Bertz CT molecular complexity index is 2000. The zero-order chi connectivity index (χ0) is 31.8. The minimum atomic E-state index is -4.28. The van der Waals surface area contributed by atoms with Crippen molar-refractivity contribution in [3.8, 4) is 5.69 Å². The highest BCUT2D eigenvalue weighted by Gasteiger charge is 2.30. The van der Waals surface area contributed by atoms with Crippen LogP contribution in [-0.2, 0) is 31.8 Å². The Hall–Kier alpha value is -3.95. The van der Waals surface area contributed by atoms with Gasteiger partial charge in [0.2, 0.25) is 10.0 Å². The number of ether oxygens (including phenoxy) is 1. The van der Waals surface area contributed by atoms with Gasteiger partial charge in [0, 0.05) is 38.4 Å². The third kappa shape index (κ3) is 5.78. The normalized spacial score (nSPS) is 14.4. The number of benzene rings is 3. The summed E-state index contributed by atoms with van der Waals surface area (Å²) in [7, 11) is -5.29. The van der Waals surface area contributed by atoms with Crippen molar-refractivity contribution >= 4 is 48.9 Å². The first-order chi connectivity index (χ1) is 20.8. The minimum Gasteiger partial charge on any atom is -0.379 e. The molecule has 5 rings (SSSR count). The Morgan fingerprint density at radius 2 is 1.64 bits per heavy atom. The number of para-hydroxylation sites is 1. The number of anilines is 2. The van der Waals surface area contributed by atoms with E-state index < -0.39 is 31.5 Å². The number of nitrogens with one attached hydrogen (secondary N) is 1. The van der Waals surface area contributed by atoms with Gasteiger partial charge in [-0.1, -0.05) is 35.9 Å². The molecular formula is C29H30ClN5O7S2. The van der Waals surface area contributed by atoms with Crippen molar-refractivity contribution in [3.63, 3.8) is 0 Å². The number of carbonyl (C=O) groups is 1. The van der Waals surface area contributed by atoms with E-state index in [0.717, 1.165) is 4.31 Å². The molecule has 0 spiro atoms. The van der Waals surface area contributed by atoms with Crippen LogP contribution in [0.4, 0.5) is 11.4 Å². The van der Waals surface area contributed by atoms with E-state index in [1.165, 1.54) is 58.5 Å². The van der Waals surface area contributed by atoms with Crippen molar-refractivity contribution in [1.82, 2.24) is 13.7 Å². The number of hydrogen-bond donors (Lipinski definition) is 1. The lowest BCUT2D eigenvalue weighted by Gasteiger charge is -2.26. The third-order valence-electron chi connectivity index (χ3n) is 7.37. The van der Waals surface area contributed by atoms with E-state index in [9.17, 15) is 26.4 Å². The number of morpholine rings is 1. The Morgan fingerprint density at radius 1 is 0.955 bits per heavy atom. The number of hydrogen-bond acceptors (Lipinski definition) is 7. The molecular weight excluding hydrogens is 630 g/mol. The molecule has 1 amide bonds. The molecule has 1 saturated heterocycles. The largest absolute Gasteiger partial charge is 0.379 e. The topological polar surface area (TPSA) is 140 Å². The summed E-state index contributed by atoms with van der Waals surface area (Å²) in [6.07, 6.45) is 0. The third-order valence-corrected chi connectivity index (χ3v) is 11.5. The molecule has 1 N–H and O–H groups in total. The van der Waals surface area contributed by atoms with Crippen molar-refractivity contribution in [3.05, 3.63) is 99.4 Å². The fourth-order valence-electron chi connectivity index (χ4n) is 4.90. The number of rotatable bonds is 8. The number of halogens is 1. The zero-order valence-electron chi connectivity index (χ0n) is 24.1. The second kappa shape index (κ2) is 12.2. The Morgan fingerprint density at radius 3 is 2.32 bits per heavy atom. The minimum absolute atomic E-state index is 0.00140. The number of carbonyl (C=O) groups excluding carboxylic acids is 1. The molecule has 1 aromatic heterocycles. The molecule has 0 aliphatic carbocycles. The monoisotopic (exact) mass is 659 g/mol. The van der Waals surface area contributed by atoms with Gasteiger partial charge in [-0.2, -0.15) is 4.31 Å². The summed E-state index contributed by atoms with van der Waals surface area (Å²) in [4.78, 5) is 26.3. The van der Waals surface area contributed by atoms with Crippen LogP contribution in [-0.4, -0.2) is 69.8 Å². The molecule has 0 bridgehead atoms. The highest BCUT2D eigenvalue weighted by atomic mass is 35.5. The molecule has 12 nitrogen and oxygen atoms in total. The van der Waals surface area contributed by atoms with Crippen LogP contribution < -0.4 is 15.2 Å². The molecule has 0 radical (unpaired) electrons. The van der Waals surface area contributed by atoms with Gasteiger partial charge < -0.3 is 10.1 Å². The standard InChI is InChI=1S/C29H30ClN5O7S2/c1-20-27(29(37)35(32(20)2)23-9-5-4-6-10-23)33(3)43(38,39)24-11-7-8-21(18-24)28(36)31-22-12-13-25(30)26(19-22)44(40,41)34-14-16-42-17-15-34/h4-13,18-19H,14-17H2,1-3H3,(H,31,36). The number of nitrogens with zero attached hydrogens (tertiary/aromatic N) is 4. The quantitative estimate of drug-likeness (QED) is 0.306. The molecule has 1 aliphatic heterocycles. The first kappa shape index (κ1) is 31.5. The van der Waals surface area contributed by atoms with Gasteiger partial charge in [0.25, 0.3) is 21.5 Å². The summed E-state index contributed by atoms with van der Waals surface area (Å²) in [5, 5.41) is 2.61. The van der Waals surface area contributed by atoms with Gasteiger partial charge >= 0.3 is 0 Å². The first-order valence-electron chi connectivity index (χ1n) is 13.5. The lowest BCUT2D eigenvalue weighted by Crippen LogP contribution is -2.40. The van der Waals surface area contributed by atoms with Crippen molar-refractivity contribution in [1.29, 1.82) is 0 Å². The van der Waals surface area contributed by atoms with E-state index in [-0.39, 0.29) is 58.1 Å². The highest BCUT2D eigenvalue weighted by Crippen LogP contribution is 2.29. The van der Waals surface area contributed by atoms with Gasteiger partial charge in [0.1, 0.15) is 10.6 Å². The molecule has 0 unspecified atom stereocenters. The smallest absolute Gasteiger partial charge is 0.296 e. The van der Waals surface area contributed by atoms with Crippen LogP contribution in [0.15, 0.2) is 87.4 Å². The fraction of sp³-hybridized carbons (Fsp3) is 0.241. The molecule has 1 fully saturated rings. The Balaban J connectivity index is 1.42. The molecule has 4 aromatic rings. The van der Waals surface area contributed by atoms with Crippen LogP contribution in [0, 0.1) is 6.92 Å². The van der Waals surface area contributed by atoms with Crippen LogP contribution >= 0.6 is 11.6 Å². The zero-order valence-corrected chi connectivity index (χ0v) is 26.5. The second-order valence-corrected chi connectivity index (χ2v) is 14.3. The number of amides is 1. The fourth-order valence-corrected chi connectivity index (χ4v) is 8.10. The van der Waals surface area contributed by atoms with Crippen molar-refractivity contribution in [2.45, 2.75) is 16.7 Å². The lowest BCUT2D eigenvalue weighted by molar-refractivity contribution is 0.0730. The molecule has 232 valence electrons. The highest BCUT2D eigenvalue weighted by molar-refractivity contribution is 7.92. The Labute approximate surface area is 260 Å². The van der Waals surface area contributed by atoms with Crippen LogP contribution in [0.3, 0.4) is 0 Å². The van der Waals surface area contributed by atoms with Crippen molar-refractivity contribution in [2.75, 3.05) is 43.0 Å². The molecule has 0 saturated carbocycles. The maximum Gasteiger partial charge on any atom is 0.296 e. The predicted octanol–water partition coefficient (Wildman–Crippen LogP) is 3.24. The van der Waals surface area contributed by atoms with Gasteiger partial charge in [0.05, 0.1) is 34.5 Å². The van der Waals surface area contributed by atoms with E-state index in [1.807, 2.05) is 6.07 Å². The maximum atomic E-state index is 13.7. The summed E-state index contributed by atoms with van der Waals surface area (Å²) >= 11 is 6.23. The van der Waals surface area contributed by atoms with E-state index >= 15 is 0 Å². The van der Waals surface area contributed by atoms with Crippen LogP contribution in [0.2, 0.25) is 5.02 Å². The average Bonchev–Trinajstić information content (AvgIpc) is 3.25. The molecule has 1 aliphatic rings. The lowest BCUT2D eigenvalue weighted by atomic mass is 10.2. The van der Waals surface area contributed by atoms with E-state index in [0.29, 0.717) is 11.4 Å². The SMILES string of the molecule is Cc1c(N(C)S(=O)(=O)c2cccc(C(=O)Nc3ccc(Cl)c(S(=O)(=O)N4CCOCC4)c3)c2)c(=O)n(-c2ccccc2)n1C. The average molecular weight is 660 g/mol. The second-order valence-electron chi connectivity index (χ2n) is 10.0. The van der Waals surface area contributed by atoms with Gasteiger partial charge in [-0.25, -0.2) is 21.5 Å². The summed E-state index contributed by atoms with van der Waals surface area (Å²) in [6.45, 7) is 2.51. The van der Waals surface area contributed by atoms with Gasteiger partial charge in [-0.05, 0) is 55.5 Å². The summed E-state index contributed by atoms with van der Waals surface area (Å²) in [6, 6.07) is 18.3. The molecule has 44 heavy (non-hydrogen) atoms. The van der Waals surface area contributed by atoms with Crippen LogP contribution in [0.1, 0.15) is 16.1 Å². The van der Waals surface area contributed by atoms with Gasteiger partial charge in [-0.15, -0.1) is 0 Å². The number of aromatic nitrogens is 2. The van der Waals surface area contributed by atoms with Crippen LogP contribution in [0.25, 0.3) is 5.69 Å². The van der Waals surface area contributed by atoms with E-state index in [4.69, 9.17) is 16.3 Å². The van der Waals surface area contributed by atoms with E-state index in [1.54, 1.807) is 42.9 Å². The summed E-state index contributed by atoms with van der Waals surface area (Å²) in [5.41, 5.74) is 0.575. The molecule has 3 aromatic carbocycles. The number of sulfonamides is 2. The molecule has 0 atom stereocenters. The van der Waals surface area contributed by atoms with Gasteiger partial charge in [-0.3, -0.25) is 18.6 Å². The summed E-state index contributed by atoms with van der Waals surface area (Å²) < 4.78 is 64.1. The first-order valence-corrected chi connectivity index (χ1v) is 16.7. The van der Waals surface area contributed by atoms with E-state index in [2.05, 4.69) is 5.32 Å².